The Morgan fingerprint density at radius 2 is 1.71 bits per heavy atom. The second-order valence-electron chi connectivity index (χ2n) is 5.28. The second-order valence-corrected chi connectivity index (χ2v) is 5.28. The van der Waals surface area contributed by atoms with Crippen LogP contribution in [0.4, 0.5) is 5.69 Å². The summed E-state index contributed by atoms with van der Waals surface area (Å²) in [6.07, 6.45) is 0.796. The molecule has 8 heteroatoms. The Balaban J connectivity index is 0.00000529. The van der Waals surface area contributed by atoms with Gasteiger partial charge in [-0.1, -0.05) is 20.3 Å². The van der Waals surface area contributed by atoms with Crippen molar-refractivity contribution in [2.45, 2.75) is 26.3 Å². The molecule has 2 atom stereocenters. The largest absolute Gasteiger partial charge is 0.497 e. The molecule has 0 aliphatic heterocycles. The van der Waals surface area contributed by atoms with Gasteiger partial charge in [0.05, 0.1) is 26.8 Å². The third kappa shape index (κ3) is 6.64. The SMILES string of the molecule is CCC(C)C(N)C(=O)NCC(=O)Nc1cc(OC)cc(OC)c1.Cl. The Labute approximate surface area is 148 Å². The number of benzene rings is 1. The number of carbonyl (C=O) groups excluding carboxylic acids is 2. The fraction of sp³-hybridized carbons (Fsp3) is 0.500. The first-order chi connectivity index (χ1) is 10.9. The molecule has 4 N–H and O–H groups in total. The lowest BCUT2D eigenvalue weighted by Crippen LogP contribution is -2.46. The molecule has 0 heterocycles. The lowest BCUT2D eigenvalue weighted by Gasteiger charge is -2.17. The molecule has 0 saturated carbocycles. The maximum atomic E-state index is 11.9. The summed E-state index contributed by atoms with van der Waals surface area (Å²) in [6.45, 7) is 3.70. The van der Waals surface area contributed by atoms with E-state index in [4.69, 9.17) is 15.2 Å². The zero-order valence-corrected chi connectivity index (χ0v) is 15.2. The molecule has 1 aromatic carbocycles. The molecule has 0 saturated heterocycles. The van der Waals surface area contributed by atoms with Crippen LogP contribution >= 0.6 is 12.4 Å². The number of hydrogen-bond acceptors (Lipinski definition) is 5. The van der Waals surface area contributed by atoms with Crippen LogP contribution in [-0.4, -0.2) is 38.6 Å². The third-order valence-corrected chi connectivity index (χ3v) is 3.62. The van der Waals surface area contributed by atoms with Gasteiger partial charge in [-0.25, -0.2) is 0 Å². The van der Waals surface area contributed by atoms with Crippen molar-refractivity contribution in [3.63, 3.8) is 0 Å². The Bertz CT molecular complexity index is 532. The summed E-state index contributed by atoms with van der Waals surface area (Å²) in [4.78, 5) is 23.8. The maximum absolute atomic E-state index is 11.9. The minimum absolute atomic E-state index is 0. The average Bonchev–Trinajstić information content (AvgIpc) is 2.57. The van der Waals surface area contributed by atoms with Gasteiger partial charge in [-0.3, -0.25) is 9.59 Å². The Morgan fingerprint density at radius 3 is 2.17 bits per heavy atom. The minimum Gasteiger partial charge on any atom is -0.497 e. The van der Waals surface area contributed by atoms with Crippen LogP contribution in [-0.2, 0) is 9.59 Å². The fourth-order valence-electron chi connectivity index (χ4n) is 1.88. The van der Waals surface area contributed by atoms with Gasteiger partial charge in [0.1, 0.15) is 11.5 Å². The number of rotatable bonds is 8. The van der Waals surface area contributed by atoms with Crippen LogP contribution < -0.4 is 25.8 Å². The van der Waals surface area contributed by atoms with E-state index >= 15 is 0 Å². The first-order valence-electron chi connectivity index (χ1n) is 7.47. The van der Waals surface area contributed by atoms with Crippen LogP contribution in [0, 0.1) is 5.92 Å². The molecule has 0 bridgehead atoms. The molecule has 0 radical (unpaired) electrons. The number of amides is 2. The van der Waals surface area contributed by atoms with Gasteiger partial charge in [0.15, 0.2) is 0 Å². The normalized spacial score (nSPS) is 12.4. The Hall–Kier alpha value is -1.99. The van der Waals surface area contributed by atoms with Gasteiger partial charge in [0.2, 0.25) is 11.8 Å². The lowest BCUT2D eigenvalue weighted by molar-refractivity contribution is -0.125. The topological polar surface area (TPSA) is 103 Å². The van der Waals surface area contributed by atoms with Crippen LogP contribution in [0.3, 0.4) is 0 Å². The van der Waals surface area contributed by atoms with Gasteiger partial charge in [-0.2, -0.15) is 0 Å². The molecule has 136 valence electrons. The van der Waals surface area contributed by atoms with Crippen LogP contribution in [0.15, 0.2) is 18.2 Å². The minimum atomic E-state index is -0.621. The molecule has 0 aromatic heterocycles. The molecule has 0 fully saturated rings. The van der Waals surface area contributed by atoms with Gasteiger partial charge in [-0.05, 0) is 5.92 Å². The monoisotopic (exact) mass is 359 g/mol. The fourth-order valence-corrected chi connectivity index (χ4v) is 1.88. The molecular formula is C16H26ClN3O4. The summed E-state index contributed by atoms with van der Waals surface area (Å²) in [5.74, 6) is 0.480. The number of methoxy groups -OCH3 is 2. The van der Waals surface area contributed by atoms with Crippen molar-refractivity contribution in [1.29, 1.82) is 0 Å². The van der Waals surface area contributed by atoms with Crippen molar-refractivity contribution in [2.24, 2.45) is 11.7 Å². The van der Waals surface area contributed by atoms with E-state index in [2.05, 4.69) is 10.6 Å². The maximum Gasteiger partial charge on any atom is 0.243 e. The highest BCUT2D eigenvalue weighted by atomic mass is 35.5. The first kappa shape index (κ1) is 22.0. The van der Waals surface area contributed by atoms with E-state index in [1.54, 1.807) is 18.2 Å². The van der Waals surface area contributed by atoms with Gasteiger partial charge in [0.25, 0.3) is 0 Å². The van der Waals surface area contributed by atoms with Crippen LogP contribution in [0.1, 0.15) is 20.3 Å². The molecule has 0 aliphatic carbocycles. The van der Waals surface area contributed by atoms with Crippen LogP contribution in [0.5, 0.6) is 11.5 Å². The van der Waals surface area contributed by atoms with Crippen molar-refractivity contribution < 1.29 is 19.1 Å². The number of anilines is 1. The Kier molecular flexibility index (Phi) is 9.83. The predicted molar refractivity (Wildman–Crippen MR) is 95.9 cm³/mol. The summed E-state index contributed by atoms with van der Waals surface area (Å²) in [5, 5.41) is 5.21. The molecular weight excluding hydrogens is 334 g/mol. The second kappa shape index (κ2) is 10.7. The number of ether oxygens (including phenoxy) is 2. The smallest absolute Gasteiger partial charge is 0.243 e. The third-order valence-electron chi connectivity index (χ3n) is 3.62. The van der Waals surface area contributed by atoms with Crippen molar-refractivity contribution in [3.05, 3.63) is 18.2 Å². The summed E-state index contributed by atoms with van der Waals surface area (Å²) in [5.41, 5.74) is 6.33. The molecule has 1 rings (SSSR count). The predicted octanol–water partition coefficient (Wildman–Crippen LogP) is 1.55. The standard InChI is InChI=1S/C16H25N3O4.ClH/c1-5-10(2)15(17)16(21)18-9-14(20)19-11-6-12(22-3)8-13(7-11)23-4;/h6-8,10,15H,5,9,17H2,1-4H3,(H,18,21)(H,19,20);1H. The van der Waals surface area contributed by atoms with E-state index in [9.17, 15) is 9.59 Å². The van der Waals surface area contributed by atoms with E-state index < -0.39 is 6.04 Å². The molecule has 0 spiro atoms. The molecule has 2 amide bonds. The zero-order chi connectivity index (χ0) is 17.4. The summed E-state index contributed by atoms with van der Waals surface area (Å²) in [6, 6.07) is 4.40. The number of nitrogens with two attached hydrogens (primary N) is 1. The van der Waals surface area contributed by atoms with Gasteiger partial charge >= 0.3 is 0 Å². The van der Waals surface area contributed by atoms with E-state index in [1.807, 2.05) is 13.8 Å². The first-order valence-corrected chi connectivity index (χ1v) is 7.47. The quantitative estimate of drug-likeness (QED) is 0.653. The molecule has 7 nitrogen and oxygen atoms in total. The van der Waals surface area contributed by atoms with Crippen LogP contribution in [0.25, 0.3) is 0 Å². The van der Waals surface area contributed by atoms with Crippen molar-refractivity contribution in [2.75, 3.05) is 26.1 Å². The highest BCUT2D eigenvalue weighted by Gasteiger charge is 2.19. The van der Waals surface area contributed by atoms with E-state index in [-0.39, 0.29) is 36.7 Å². The van der Waals surface area contributed by atoms with Crippen molar-refractivity contribution in [3.8, 4) is 11.5 Å². The summed E-state index contributed by atoms with van der Waals surface area (Å²) < 4.78 is 10.3. The van der Waals surface area contributed by atoms with Crippen LogP contribution in [0.2, 0.25) is 0 Å². The highest BCUT2D eigenvalue weighted by molar-refractivity contribution is 5.95. The average molecular weight is 360 g/mol. The van der Waals surface area contributed by atoms with Gasteiger partial charge < -0.3 is 25.8 Å². The number of nitrogens with one attached hydrogen (secondary N) is 2. The van der Waals surface area contributed by atoms with E-state index in [0.29, 0.717) is 17.2 Å². The van der Waals surface area contributed by atoms with Crippen molar-refractivity contribution >= 4 is 29.9 Å². The summed E-state index contributed by atoms with van der Waals surface area (Å²) >= 11 is 0. The summed E-state index contributed by atoms with van der Waals surface area (Å²) in [7, 11) is 3.05. The molecule has 1 aromatic rings. The number of carbonyl (C=O) groups is 2. The number of hydrogen-bond donors (Lipinski definition) is 3. The lowest BCUT2D eigenvalue weighted by atomic mass is 9.99. The van der Waals surface area contributed by atoms with Gasteiger partial charge in [0, 0.05) is 23.9 Å². The highest BCUT2D eigenvalue weighted by Crippen LogP contribution is 2.25. The van der Waals surface area contributed by atoms with Gasteiger partial charge in [-0.15, -0.1) is 12.4 Å². The zero-order valence-electron chi connectivity index (χ0n) is 14.4. The van der Waals surface area contributed by atoms with E-state index in [1.165, 1.54) is 14.2 Å². The Morgan fingerprint density at radius 1 is 1.17 bits per heavy atom. The molecule has 2 unspecified atom stereocenters. The van der Waals surface area contributed by atoms with Crippen molar-refractivity contribution in [1.82, 2.24) is 5.32 Å². The number of halogens is 1. The molecule has 24 heavy (non-hydrogen) atoms. The molecule has 0 aliphatic rings. The van der Waals surface area contributed by atoms with E-state index in [0.717, 1.165) is 6.42 Å².